The molecule has 1 saturated carbocycles. The quantitative estimate of drug-likeness (QED) is 0.869. The predicted molar refractivity (Wildman–Crippen MR) is 81.4 cm³/mol. The lowest BCUT2D eigenvalue weighted by atomic mass is 10.1. The number of methoxy groups -OCH3 is 1. The summed E-state index contributed by atoms with van der Waals surface area (Å²) in [6, 6.07) is 4.40. The van der Waals surface area contributed by atoms with Crippen molar-refractivity contribution < 1.29 is 9.53 Å². The Labute approximate surface area is 120 Å². The molecule has 2 N–H and O–H groups in total. The van der Waals surface area contributed by atoms with E-state index < -0.39 is 0 Å². The van der Waals surface area contributed by atoms with Gasteiger partial charge in [-0.3, -0.25) is 4.79 Å². The van der Waals surface area contributed by atoms with E-state index in [0.29, 0.717) is 12.6 Å². The minimum atomic E-state index is 0.00547. The molecule has 110 valence electrons. The average molecular weight is 276 g/mol. The summed E-state index contributed by atoms with van der Waals surface area (Å²) in [6.45, 7) is 4.34. The van der Waals surface area contributed by atoms with Gasteiger partial charge in [-0.2, -0.15) is 0 Å². The van der Waals surface area contributed by atoms with Crippen LogP contribution in [-0.4, -0.2) is 25.6 Å². The highest BCUT2D eigenvalue weighted by Gasteiger charge is 2.16. The highest BCUT2D eigenvalue weighted by atomic mass is 16.5. The van der Waals surface area contributed by atoms with Gasteiger partial charge in [-0.25, -0.2) is 0 Å². The number of hydrogen-bond donors (Lipinski definition) is 2. The number of carbonyl (C=O) groups excluding carboxylic acids is 1. The summed E-state index contributed by atoms with van der Waals surface area (Å²) in [5.41, 5.74) is 2.87. The third-order valence-electron chi connectivity index (χ3n) is 3.99. The summed E-state index contributed by atoms with van der Waals surface area (Å²) in [5.74, 6) is 0.845. The topological polar surface area (TPSA) is 50.4 Å². The van der Waals surface area contributed by atoms with Gasteiger partial charge in [-0.05, 0) is 38.3 Å². The summed E-state index contributed by atoms with van der Waals surface area (Å²) in [7, 11) is 1.66. The summed E-state index contributed by atoms with van der Waals surface area (Å²) in [5, 5.41) is 6.27. The molecular weight excluding hydrogens is 252 g/mol. The first-order chi connectivity index (χ1) is 9.61. The standard InChI is InChI=1S/C16H24N2O2/c1-11-8-9-14(12(2)16(11)20-3)18-15(19)10-17-13-6-4-5-7-13/h8-9,13,17H,4-7,10H2,1-3H3,(H,18,19). The van der Waals surface area contributed by atoms with E-state index in [-0.39, 0.29) is 5.91 Å². The van der Waals surface area contributed by atoms with Crippen LogP contribution in [0.3, 0.4) is 0 Å². The number of rotatable bonds is 5. The van der Waals surface area contributed by atoms with Crippen LogP contribution in [-0.2, 0) is 4.79 Å². The predicted octanol–water partition coefficient (Wildman–Crippen LogP) is 2.78. The summed E-state index contributed by atoms with van der Waals surface area (Å²) in [4.78, 5) is 12.0. The Morgan fingerprint density at radius 3 is 2.65 bits per heavy atom. The Morgan fingerprint density at radius 1 is 1.30 bits per heavy atom. The van der Waals surface area contributed by atoms with E-state index >= 15 is 0 Å². The Kier molecular flexibility index (Phi) is 5.01. The molecule has 4 heteroatoms. The Morgan fingerprint density at radius 2 is 2.00 bits per heavy atom. The zero-order valence-electron chi connectivity index (χ0n) is 12.6. The summed E-state index contributed by atoms with van der Waals surface area (Å²) < 4.78 is 5.37. The summed E-state index contributed by atoms with van der Waals surface area (Å²) in [6.07, 6.45) is 4.91. The lowest BCUT2D eigenvalue weighted by molar-refractivity contribution is -0.115. The second-order valence-electron chi connectivity index (χ2n) is 5.50. The van der Waals surface area contributed by atoms with E-state index in [1.165, 1.54) is 25.7 Å². The number of nitrogens with one attached hydrogen (secondary N) is 2. The molecule has 1 aliphatic carbocycles. The molecule has 1 aliphatic rings. The van der Waals surface area contributed by atoms with Crippen LogP contribution in [0.1, 0.15) is 36.8 Å². The lowest BCUT2D eigenvalue weighted by Crippen LogP contribution is -2.34. The van der Waals surface area contributed by atoms with Crippen LogP contribution in [0.2, 0.25) is 0 Å². The normalized spacial score (nSPS) is 15.3. The molecule has 0 atom stereocenters. The third-order valence-corrected chi connectivity index (χ3v) is 3.99. The van der Waals surface area contributed by atoms with Crippen LogP contribution in [0.15, 0.2) is 12.1 Å². The SMILES string of the molecule is COc1c(C)ccc(NC(=O)CNC2CCCC2)c1C. The first-order valence-corrected chi connectivity index (χ1v) is 7.29. The number of anilines is 1. The zero-order chi connectivity index (χ0) is 14.5. The molecule has 0 radical (unpaired) electrons. The molecule has 0 aromatic heterocycles. The van der Waals surface area contributed by atoms with Gasteiger partial charge in [0.25, 0.3) is 0 Å². The van der Waals surface area contributed by atoms with E-state index in [1.807, 2.05) is 26.0 Å². The molecule has 0 bridgehead atoms. The maximum Gasteiger partial charge on any atom is 0.238 e. The van der Waals surface area contributed by atoms with E-state index in [4.69, 9.17) is 4.74 Å². The Balaban J connectivity index is 1.93. The second kappa shape index (κ2) is 6.75. The van der Waals surface area contributed by atoms with Crippen LogP contribution >= 0.6 is 0 Å². The van der Waals surface area contributed by atoms with E-state index in [0.717, 1.165) is 22.6 Å². The van der Waals surface area contributed by atoms with Crippen molar-refractivity contribution in [3.05, 3.63) is 23.3 Å². The van der Waals surface area contributed by atoms with Gasteiger partial charge >= 0.3 is 0 Å². The number of carbonyl (C=O) groups is 1. The molecule has 0 unspecified atom stereocenters. The molecule has 0 aliphatic heterocycles. The smallest absolute Gasteiger partial charge is 0.238 e. The highest BCUT2D eigenvalue weighted by molar-refractivity contribution is 5.93. The maximum atomic E-state index is 12.0. The van der Waals surface area contributed by atoms with Gasteiger partial charge in [-0.1, -0.05) is 18.9 Å². The van der Waals surface area contributed by atoms with Crippen molar-refractivity contribution in [2.75, 3.05) is 19.0 Å². The van der Waals surface area contributed by atoms with Crippen molar-refractivity contribution in [2.45, 2.75) is 45.6 Å². The lowest BCUT2D eigenvalue weighted by Gasteiger charge is -2.15. The number of ether oxygens (including phenoxy) is 1. The minimum Gasteiger partial charge on any atom is -0.496 e. The molecule has 1 fully saturated rings. The molecule has 1 aromatic rings. The summed E-state index contributed by atoms with van der Waals surface area (Å²) >= 11 is 0. The van der Waals surface area contributed by atoms with Crippen molar-refractivity contribution >= 4 is 11.6 Å². The molecule has 20 heavy (non-hydrogen) atoms. The van der Waals surface area contributed by atoms with Crippen LogP contribution < -0.4 is 15.4 Å². The minimum absolute atomic E-state index is 0.00547. The second-order valence-corrected chi connectivity index (χ2v) is 5.50. The Hall–Kier alpha value is -1.55. The number of aryl methyl sites for hydroxylation is 1. The van der Waals surface area contributed by atoms with Gasteiger partial charge in [0.15, 0.2) is 0 Å². The van der Waals surface area contributed by atoms with Crippen LogP contribution in [0.4, 0.5) is 5.69 Å². The van der Waals surface area contributed by atoms with Crippen molar-refractivity contribution in [1.82, 2.24) is 5.32 Å². The van der Waals surface area contributed by atoms with Gasteiger partial charge in [0, 0.05) is 17.3 Å². The first kappa shape index (κ1) is 14.9. The monoisotopic (exact) mass is 276 g/mol. The van der Waals surface area contributed by atoms with Gasteiger partial charge in [-0.15, -0.1) is 0 Å². The van der Waals surface area contributed by atoms with E-state index in [2.05, 4.69) is 10.6 Å². The van der Waals surface area contributed by atoms with Crippen molar-refractivity contribution in [1.29, 1.82) is 0 Å². The molecule has 1 aromatic carbocycles. The number of amides is 1. The molecule has 1 amide bonds. The molecule has 0 spiro atoms. The van der Waals surface area contributed by atoms with Crippen LogP contribution in [0, 0.1) is 13.8 Å². The van der Waals surface area contributed by atoms with Crippen molar-refractivity contribution in [3.63, 3.8) is 0 Å². The van der Waals surface area contributed by atoms with Crippen LogP contribution in [0.25, 0.3) is 0 Å². The molecule has 4 nitrogen and oxygen atoms in total. The van der Waals surface area contributed by atoms with Crippen molar-refractivity contribution in [3.8, 4) is 5.75 Å². The zero-order valence-corrected chi connectivity index (χ0v) is 12.6. The maximum absolute atomic E-state index is 12.0. The van der Waals surface area contributed by atoms with Gasteiger partial charge in [0.1, 0.15) is 5.75 Å². The Bertz CT molecular complexity index is 480. The van der Waals surface area contributed by atoms with E-state index in [9.17, 15) is 4.79 Å². The molecule has 0 heterocycles. The average Bonchev–Trinajstić information content (AvgIpc) is 2.94. The van der Waals surface area contributed by atoms with Gasteiger partial charge in [0.2, 0.25) is 5.91 Å². The van der Waals surface area contributed by atoms with Gasteiger partial charge < -0.3 is 15.4 Å². The molecule has 0 saturated heterocycles. The highest BCUT2D eigenvalue weighted by Crippen LogP contribution is 2.29. The largest absolute Gasteiger partial charge is 0.496 e. The fraction of sp³-hybridized carbons (Fsp3) is 0.562. The third kappa shape index (κ3) is 3.51. The number of benzene rings is 1. The molecule has 2 rings (SSSR count). The van der Waals surface area contributed by atoms with Crippen LogP contribution in [0.5, 0.6) is 5.75 Å². The van der Waals surface area contributed by atoms with E-state index in [1.54, 1.807) is 7.11 Å². The number of hydrogen-bond acceptors (Lipinski definition) is 3. The molecular formula is C16H24N2O2. The fourth-order valence-corrected chi connectivity index (χ4v) is 2.84. The van der Waals surface area contributed by atoms with Gasteiger partial charge in [0.05, 0.1) is 13.7 Å². The fourth-order valence-electron chi connectivity index (χ4n) is 2.84. The van der Waals surface area contributed by atoms with Crippen molar-refractivity contribution in [2.24, 2.45) is 0 Å². The first-order valence-electron chi connectivity index (χ1n) is 7.29.